The van der Waals surface area contributed by atoms with Gasteiger partial charge >= 0.3 is 12.0 Å². The van der Waals surface area contributed by atoms with Gasteiger partial charge in [-0.1, -0.05) is 26.8 Å². The highest BCUT2D eigenvalue weighted by Crippen LogP contribution is 2.40. The normalized spacial score (nSPS) is 18.7. The van der Waals surface area contributed by atoms with E-state index in [-0.39, 0.29) is 40.8 Å². The van der Waals surface area contributed by atoms with E-state index in [9.17, 15) is 10.2 Å². The molecule has 0 bridgehead atoms. The molecule has 9 heteroatoms. The lowest BCUT2D eigenvalue weighted by molar-refractivity contribution is -0.148. The van der Waals surface area contributed by atoms with Crippen molar-refractivity contribution in [1.82, 2.24) is 19.9 Å². The first-order chi connectivity index (χ1) is 17.5. The molecule has 1 unspecified atom stereocenters. The minimum atomic E-state index is -0.349. The van der Waals surface area contributed by atoms with Crippen LogP contribution in [-0.4, -0.2) is 66.6 Å². The van der Waals surface area contributed by atoms with Gasteiger partial charge in [-0.2, -0.15) is 9.97 Å². The Bertz CT molecular complexity index is 1090. The smallest absolute Gasteiger partial charge is 0.326 e. The van der Waals surface area contributed by atoms with Gasteiger partial charge in [0.1, 0.15) is 5.75 Å². The molecule has 212 valence electrons. The lowest BCUT2D eigenvalue weighted by Gasteiger charge is -2.56. The van der Waals surface area contributed by atoms with Crippen LogP contribution >= 0.6 is 0 Å². The molecule has 0 saturated carbocycles. The average Bonchev–Trinajstić information content (AvgIpc) is 2.72. The minimum Gasteiger partial charge on any atom is -0.508 e. The van der Waals surface area contributed by atoms with Crippen molar-refractivity contribution in [2.24, 2.45) is 0 Å². The quantitative estimate of drug-likeness (QED) is 0.414. The van der Waals surface area contributed by atoms with Gasteiger partial charge in [-0.25, -0.2) is 0 Å². The largest absolute Gasteiger partial charge is 0.508 e. The maximum Gasteiger partial charge on any atom is 0.326 e. The van der Waals surface area contributed by atoms with Gasteiger partial charge in [-0.05, 0) is 95.9 Å². The zero-order valence-electron chi connectivity index (χ0n) is 24.8. The van der Waals surface area contributed by atoms with Crippen LogP contribution in [0.3, 0.4) is 0 Å². The standard InChI is InChI=1S/C29H47N5O4/c1-11-37-25-31-24(30-13-12-20-15-22(27(4,5)6)23(36)14-18(20)2)32-26(33-25)38-19(3)34-28(7,8)16-21(35)17-29(34,9)10/h14-15,19,21,35-36H,11-13,16-17H2,1-10H3,(H,30,31,32,33). The first kappa shape index (κ1) is 29.9. The van der Waals surface area contributed by atoms with Crippen LogP contribution in [0.15, 0.2) is 12.1 Å². The number of aliphatic hydroxyl groups is 1. The Kier molecular flexibility index (Phi) is 8.83. The number of ether oxygens (including phenoxy) is 2. The highest BCUT2D eigenvalue weighted by molar-refractivity contribution is 5.45. The monoisotopic (exact) mass is 529 g/mol. The van der Waals surface area contributed by atoms with Crippen LogP contribution in [0.4, 0.5) is 5.95 Å². The number of aryl methyl sites for hydroxylation is 1. The van der Waals surface area contributed by atoms with Crippen LogP contribution in [0.2, 0.25) is 0 Å². The van der Waals surface area contributed by atoms with Crippen LogP contribution in [-0.2, 0) is 11.8 Å². The van der Waals surface area contributed by atoms with Gasteiger partial charge in [0, 0.05) is 17.6 Å². The van der Waals surface area contributed by atoms with E-state index < -0.39 is 0 Å². The molecular weight excluding hydrogens is 482 g/mol. The molecule has 0 spiro atoms. The van der Waals surface area contributed by atoms with E-state index >= 15 is 0 Å². The number of aliphatic hydroxyl groups excluding tert-OH is 1. The maximum absolute atomic E-state index is 10.4. The van der Waals surface area contributed by atoms with E-state index in [0.717, 1.165) is 23.1 Å². The second-order valence-corrected chi connectivity index (χ2v) is 12.7. The van der Waals surface area contributed by atoms with Crippen molar-refractivity contribution in [3.05, 3.63) is 28.8 Å². The fourth-order valence-electron chi connectivity index (χ4n) is 6.01. The molecule has 1 fully saturated rings. The van der Waals surface area contributed by atoms with Crippen molar-refractivity contribution >= 4 is 5.95 Å². The van der Waals surface area contributed by atoms with Gasteiger partial charge in [0.2, 0.25) is 5.95 Å². The first-order valence-electron chi connectivity index (χ1n) is 13.6. The van der Waals surface area contributed by atoms with Gasteiger partial charge < -0.3 is 25.0 Å². The van der Waals surface area contributed by atoms with Crippen molar-refractivity contribution in [2.75, 3.05) is 18.5 Å². The zero-order valence-corrected chi connectivity index (χ0v) is 24.8. The minimum absolute atomic E-state index is 0.154. The Labute approximate surface area is 228 Å². The Morgan fingerprint density at radius 3 is 2.26 bits per heavy atom. The number of piperidine rings is 1. The average molecular weight is 530 g/mol. The predicted octanol–water partition coefficient (Wildman–Crippen LogP) is 4.98. The Morgan fingerprint density at radius 1 is 1.08 bits per heavy atom. The number of hydrogen-bond donors (Lipinski definition) is 3. The summed E-state index contributed by atoms with van der Waals surface area (Å²) >= 11 is 0. The summed E-state index contributed by atoms with van der Waals surface area (Å²) in [6.45, 7) is 21.7. The topological polar surface area (TPSA) is 113 Å². The third kappa shape index (κ3) is 7.05. The fourth-order valence-corrected chi connectivity index (χ4v) is 6.01. The Hall–Kier alpha value is -2.65. The number of likely N-dealkylation sites (tertiary alicyclic amines) is 1. The van der Waals surface area contributed by atoms with Crippen molar-refractivity contribution < 1.29 is 19.7 Å². The number of nitrogens with one attached hydrogen (secondary N) is 1. The summed E-state index contributed by atoms with van der Waals surface area (Å²) in [6.07, 6.45) is 1.36. The van der Waals surface area contributed by atoms with Crippen LogP contribution < -0.4 is 14.8 Å². The molecule has 1 aliphatic heterocycles. The summed E-state index contributed by atoms with van der Waals surface area (Å²) < 4.78 is 11.9. The lowest BCUT2D eigenvalue weighted by Crippen LogP contribution is -2.65. The number of benzene rings is 1. The molecule has 38 heavy (non-hydrogen) atoms. The summed E-state index contributed by atoms with van der Waals surface area (Å²) in [6, 6.07) is 4.31. The highest BCUT2D eigenvalue weighted by Gasteiger charge is 2.48. The SMILES string of the molecule is CCOc1nc(NCCc2cc(C(C)(C)C)c(O)cc2C)nc(OC(C)N2C(C)(C)CC(O)CC2(C)C)n1. The molecular formula is C29H47N5O4. The first-order valence-corrected chi connectivity index (χ1v) is 13.6. The zero-order chi connectivity index (χ0) is 28.5. The third-order valence-corrected chi connectivity index (χ3v) is 7.22. The van der Waals surface area contributed by atoms with Crippen molar-refractivity contribution in [3.63, 3.8) is 0 Å². The summed E-state index contributed by atoms with van der Waals surface area (Å²) in [5, 5.41) is 24.1. The number of aromatic nitrogens is 3. The van der Waals surface area contributed by atoms with E-state index in [0.29, 0.717) is 37.7 Å². The molecule has 2 heterocycles. The van der Waals surface area contributed by atoms with Gasteiger partial charge in [0.25, 0.3) is 0 Å². The molecule has 1 aromatic carbocycles. The van der Waals surface area contributed by atoms with Gasteiger partial charge in [-0.3, -0.25) is 4.90 Å². The van der Waals surface area contributed by atoms with Gasteiger partial charge in [-0.15, -0.1) is 4.98 Å². The van der Waals surface area contributed by atoms with Gasteiger partial charge in [0.15, 0.2) is 6.23 Å². The van der Waals surface area contributed by atoms with E-state index in [2.05, 4.69) is 79.7 Å². The number of phenolic OH excluding ortho intramolecular Hbond substituents is 1. The molecule has 1 atom stereocenters. The van der Waals surface area contributed by atoms with Crippen molar-refractivity contribution in [1.29, 1.82) is 0 Å². The van der Waals surface area contributed by atoms with Crippen LogP contribution in [0, 0.1) is 6.92 Å². The molecule has 1 saturated heterocycles. The van der Waals surface area contributed by atoms with Crippen LogP contribution in [0.5, 0.6) is 17.8 Å². The van der Waals surface area contributed by atoms with Crippen LogP contribution in [0.25, 0.3) is 0 Å². The predicted molar refractivity (Wildman–Crippen MR) is 150 cm³/mol. The number of anilines is 1. The van der Waals surface area contributed by atoms with E-state index in [4.69, 9.17) is 9.47 Å². The maximum atomic E-state index is 10.4. The Balaban J connectivity index is 1.77. The Morgan fingerprint density at radius 2 is 1.68 bits per heavy atom. The number of phenols is 1. The molecule has 3 N–H and O–H groups in total. The molecule has 1 aromatic heterocycles. The summed E-state index contributed by atoms with van der Waals surface area (Å²) in [5.41, 5.74) is 2.42. The summed E-state index contributed by atoms with van der Waals surface area (Å²) in [4.78, 5) is 15.6. The summed E-state index contributed by atoms with van der Waals surface area (Å²) in [5.74, 6) is 0.710. The number of aromatic hydroxyl groups is 1. The summed E-state index contributed by atoms with van der Waals surface area (Å²) in [7, 11) is 0. The fraction of sp³-hybridized carbons (Fsp3) is 0.690. The molecule has 2 aromatic rings. The van der Waals surface area contributed by atoms with Crippen LogP contribution in [0.1, 0.15) is 91.8 Å². The van der Waals surface area contributed by atoms with E-state index in [1.54, 1.807) is 0 Å². The molecule has 1 aliphatic rings. The molecule has 0 amide bonds. The number of nitrogens with zero attached hydrogens (tertiary/aromatic N) is 4. The molecule has 3 rings (SSSR count). The number of rotatable bonds is 9. The van der Waals surface area contributed by atoms with Crippen molar-refractivity contribution in [3.8, 4) is 17.8 Å². The van der Waals surface area contributed by atoms with Crippen molar-refractivity contribution in [2.45, 2.75) is 117 Å². The van der Waals surface area contributed by atoms with E-state index in [1.807, 2.05) is 26.8 Å². The molecule has 0 radical (unpaired) electrons. The van der Waals surface area contributed by atoms with E-state index in [1.165, 1.54) is 0 Å². The number of hydrogen-bond acceptors (Lipinski definition) is 9. The second kappa shape index (κ2) is 11.2. The second-order valence-electron chi connectivity index (χ2n) is 12.7. The van der Waals surface area contributed by atoms with Gasteiger partial charge in [0.05, 0.1) is 12.7 Å². The highest BCUT2D eigenvalue weighted by atomic mass is 16.5. The lowest BCUT2D eigenvalue weighted by atomic mass is 9.78. The molecule has 0 aliphatic carbocycles. The molecule has 9 nitrogen and oxygen atoms in total. The third-order valence-electron chi connectivity index (χ3n) is 7.22.